The first-order valence-electron chi connectivity index (χ1n) is 11.3. The third kappa shape index (κ3) is 5.29. The molecule has 0 spiro atoms. The minimum atomic E-state index is -0.354. The van der Waals surface area contributed by atoms with Crippen LogP contribution in [0.3, 0.4) is 0 Å². The number of rotatable bonds is 5. The fourth-order valence-corrected chi connectivity index (χ4v) is 4.44. The third-order valence-corrected chi connectivity index (χ3v) is 6.22. The van der Waals surface area contributed by atoms with Crippen LogP contribution in [0.4, 0.5) is 5.13 Å². The normalized spacial score (nSPS) is 10.7. The Hall–Kier alpha value is -4.69. The first kappa shape index (κ1) is 24.0. The zero-order valence-electron chi connectivity index (χ0n) is 20.6. The molecule has 5 aromatic heterocycles. The Morgan fingerprint density at radius 3 is 2.57 bits per heavy atom. The van der Waals surface area contributed by atoms with Gasteiger partial charge in [0.25, 0.3) is 5.91 Å². The fraction of sp³-hybridized carbons (Fsp3) is 0.192. The largest absolute Gasteiger partial charge is 0.494 e. The van der Waals surface area contributed by atoms with Crippen LogP contribution in [0.5, 0.6) is 5.75 Å². The van der Waals surface area contributed by atoms with Crippen molar-refractivity contribution >= 4 is 32.9 Å². The average Bonchev–Trinajstić information content (AvgIpc) is 3.48. The maximum absolute atomic E-state index is 13.3. The number of carbonyl (C=O) groups is 1. The van der Waals surface area contributed by atoms with E-state index in [0.29, 0.717) is 44.7 Å². The number of hydrogen-bond acceptors (Lipinski definition) is 9. The van der Waals surface area contributed by atoms with E-state index >= 15 is 0 Å². The van der Waals surface area contributed by atoms with Gasteiger partial charge in [-0.25, -0.2) is 9.97 Å². The van der Waals surface area contributed by atoms with Crippen LogP contribution >= 0.6 is 11.3 Å². The zero-order valence-corrected chi connectivity index (χ0v) is 21.4. The summed E-state index contributed by atoms with van der Waals surface area (Å²) in [4.78, 5) is 35.8. The molecule has 5 heterocycles. The Morgan fingerprint density at radius 2 is 1.81 bits per heavy atom. The molecule has 11 heteroatoms. The van der Waals surface area contributed by atoms with Crippen LogP contribution in [-0.2, 0) is 6.54 Å². The first-order chi connectivity index (χ1) is 17.9. The number of aromatic nitrogens is 7. The molecule has 37 heavy (non-hydrogen) atoms. The maximum Gasteiger partial charge on any atom is 0.259 e. The molecule has 10 nitrogen and oxygen atoms in total. The second-order valence-corrected chi connectivity index (χ2v) is 9.25. The van der Waals surface area contributed by atoms with Crippen molar-refractivity contribution in [3.05, 3.63) is 71.3 Å². The van der Waals surface area contributed by atoms with Crippen LogP contribution in [0.2, 0.25) is 0 Å². The number of anilines is 1. The molecule has 0 aromatic carbocycles. The number of fused-ring (bicyclic) bond motifs is 1. The molecule has 0 aliphatic carbocycles. The number of nitrogens with zero attached hydrogens (tertiary/aromatic N) is 7. The molecule has 0 aliphatic heterocycles. The SMILES string of the molecule is COc1cnc(C)cc1-c1cc(C)ncc1C(=O)Nc1nc2ncc(C#CCn3cc(C)cn3)nc2s1. The number of carbonyl (C=O) groups excluding carboxylic acids is 1. The molecule has 0 saturated heterocycles. The van der Waals surface area contributed by atoms with Gasteiger partial charge in [0.05, 0.1) is 31.3 Å². The Bertz CT molecular complexity index is 1700. The van der Waals surface area contributed by atoms with Gasteiger partial charge in [0.2, 0.25) is 0 Å². The van der Waals surface area contributed by atoms with E-state index in [1.54, 1.807) is 36.6 Å². The number of pyridine rings is 2. The summed E-state index contributed by atoms with van der Waals surface area (Å²) in [6.45, 7) is 6.18. The van der Waals surface area contributed by atoms with Gasteiger partial charge in [-0.3, -0.25) is 24.8 Å². The molecule has 0 saturated carbocycles. The molecule has 0 radical (unpaired) electrons. The molecule has 0 unspecified atom stereocenters. The number of ether oxygens (including phenoxy) is 1. The van der Waals surface area contributed by atoms with Crippen molar-refractivity contribution in [2.75, 3.05) is 12.4 Å². The first-order valence-corrected chi connectivity index (χ1v) is 12.1. The van der Waals surface area contributed by atoms with Gasteiger partial charge in [-0.05, 0) is 44.4 Å². The Morgan fingerprint density at radius 1 is 1.03 bits per heavy atom. The number of amides is 1. The van der Waals surface area contributed by atoms with Crippen LogP contribution in [0.1, 0.15) is 33.0 Å². The topological polar surface area (TPSA) is 121 Å². The van der Waals surface area contributed by atoms with Gasteiger partial charge < -0.3 is 4.74 Å². The Balaban J connectivity index is 1.40. The minimum absolute atomic E-state index is 0.354. The summed E-state index contributed by atoms with van der Waals surface area (Å²) in [5, 5.41) is 7.45. The molecular weight excluding hydrogens is 488 g/mol. The molecular formula is C26H22N8O2S. The van der Waals surface area contributed by atoms with E-state index in [2.05, 4.69) is 47.2 Å². The number of nitrogens with one attached hydrogen (secondary N) is 1. The fourth-order valence-electron chi connectivity index (χ4n) is 3.65. The number of thiazole rings is 1. The summed E-state index contributed by atoms with van der Waals surface area (Å²) < 4.78 is 7.25. The zero-order chi connectivity index (χ0) is 25.9. The summed E-state index contributed by atoms with van der Waals surface area (Å²) in [6, 6.07) is 3.73. The highest BCUT2D eigenvalue weighted by Gasteiger charge is 2.19. The van der Waals surface area contributed by atoms with Crippen molar-refractivity contribution in [2.45, 2.75) is 27.3 Å². The Labute approximate surface area is 216 Å². The smallest absolute Gasteiger partial charge is 0.259 e. The third-order valence-electron chi connectivity index (χ3n) is 5.36. The van der Waals surface area contributed by atoms with Gasteiger partial charge in [0.1, 0.15) is 18.0 Å². The van der Waals surface area contributed by atoms with E-state index in [1.807, 2.05) is 39.1 Å². The van der Waals surface area contributed by atoms with Crippen LogP contribution in [-0.4, -0.2) is 47.7 Å². The second-order valence-electron chi connectivity index (χ2n) is 8.27. The van der Waals surface area contributed by atoms with Crippen LogP contribution < -0.4 is 10.1 Å². The summed E-state index contributed by atoms with van der Waals surface area (Å²) in [5.74, 6) is 6.25. The second kappa shape index (κ2) is 10.1. The van der Waals surface area contributed by atoms with Crippen LogP contribution in [0.25, 0.3) is 21.6 Å². The quantitative estimate of drug-likeness (QED) is 0.353. The minimum Gasteiger partial charge on any atom is -0.494 e. The molecule has 0 aliphatic rings. The van der Waals surface area contributed by atoms with Gasteiger partial charge in [0.15, 0.2) is 15.6 Å². The van der Waals surface area contributed by atoms with E-state index in [0.717, 1.165) is 22.5 Å². The summed E-state index contributed by atoms with van der Waals surface area (Å²) in [6.07, 6.45) is 8.46. The van der Waals surface area contributed by atoms with Gasteiger partial charge in [-0.1, -0.05) is 17.3 Å². The lowest BCUT2D eigenvalue weighted by molar-refractivity contribution is 0.102. The predicted octanol–water partition coefficient (Wildman–Crippen LogP) is 3.98. The van der Waals surface area contributed by atoms with Gasteiger partial charge >= 0.3 is 0 Å². The molecule has 1 amide bonds. The number of aryl methyl sites for hydroxylation is 3. The molecule has 5 aromatic rings. The maximum atomic E-state index is 13.3. The lowest BCUT2D eigenvalue weighted by Gasteiger charge is -2.13. The van der Waals surface area contributed by atoms with E-state index in [1.165, 1.54) is 11.3 Å². The van der Waals surface area contributed by atoms with Crippen molar-refractivity contribution < 1.29 is 9.53 Å². The standard InChI is InChI=1S/C26H22N8O2S/c1-15-10-30-34(14-15)7-5-6-18-11-29-23-25(31-18)37-26(32-23)33-24(35)21-12-27-16(2)8-19(21)20-9-17(3)28-13-22(20)36-4/h8-14H,7H2,1-4H3,(H,29,32,33,35). The van der Waals surface area contributed by atoms with Crippen molar-refractivity contribution in [2.24, 2.45) is 0 Å². The van der Waals surface area contributed by atoms with E-state index in [-0.39, 0.29) is 5.91 Å². The average molecular weight is 511 g/mol. The summed E-state index contributed by atoms with van der Waals surface area (Å²) in [5.41, 5.74) is 5.43. The van der Waals surface area contributed by atoms with Crippen LogP contribution in [0.15, 0.2) is 43.1 Å². The van der Waals surface area contributed by atoms with E-state index in [4.69, 9.17) is 4.74 Å². The predicted molar refractivity (Wildman–Crippen MR) is 140 cm³/mol. The monoisotopic (exact) mass is 510 g/mol. The van der Waals surface area contributed by atoms with Gasteiger partial charge in [-0.15, -0.1) is 0 Å². The van der Waals surface area contributed by atoms with Crippen LogP contribution in [0, 0.1) is 32.6 Å². The highest BCUT2D eigenvalue weighted by Crippen LogP contribution is 2.33. The van der Waals surface area contributed by atoms with E-state index < -0.39 is 0 Å². The van der Waals surface area contributed by atoms with Crippen molar-refractivity contribution in [3.63, 3.8) is 0 Å². The molecule has 0 bridgehead atoms. The molecule has 0 atom stereocenters. The summed E-state index contributed by atoms with van der Waals surface area (Å²) >= 11 is 1.23. The van der Waals surface area contributed by atoms with Crippen molar-refractivity contribution in [1.29, 1.82) is 0 Å². The Kier molecular flexibility index (Phi) is 6.57. The van der Waals surface area contributed by atoms with Crippen molar-refractivity contribution in [1.82, 2.24) is 34.7 Å². The number of hydrogen-bond donors (Lipinski definition) is 1. The summed E-state index contributed by atoms with van der Waals surface area (Å²) in [7, 11) is 1.57. The lowest BCUT2D eigenvalue weighted by Crippen LogP contribution is -2.14. The van der Waals surface area contributed by atoms with Crippen molar-refractivity contribution in [3.8, 4) is 28.7 Å². The van der Waals surface area contributed by atoms with Gasteiger partial charge in [0, 0.05) is 34.9 Å². The molecule has 184 valence electrons. The van der Waals surface area contributed by atoms with E-state index in [9.17, 15) is 4.79 Å². The highest BCUT2D eigenvalue weighted by molar-refractivity contribution is 7.21. The van der Waals surface area contributed by atoms with Gasteiger partial charge in [-0.2, -0.15) is 10.1 Å². The molecule has 0 fully saturated rings. The number of methoxy groups -OCH3 is 1. The highest BCUT2D eigenvalue weighted by atomic mass is 32.1. The lowest BCUT2D eigenvalue weighted by atomic mass is 9.99. The molecule has 5 rings (SSSR count). The molecule has 1 N–H and O–H groups in total.